The molecule has 1 aromatic carbocycles. The van der Waals surface area contributed by atoms with E-state index in [1.165, 1.54) is 28.6 Å². The molecule has 1 aliphatic rings. The number of hydrogen-bond donors (Lipinski definition) is 0. The van der Waals surface area contributed by atoms with Crippen LogP contribution in [0.15, 0.2) is 22.7 Å². The highest BCUT2D eigenvalue weighted by Crippen LogP contribution is 2.29. The summed E-state index contributed by atoms with van der Waals surface area (Å²) in [5.41, 5.74) is 3.25. The molecule has 1 nitrogen and oxygen atoms in total. The molecule has 0 N–H and O–H groups in total. The van der Waals surface area contributed by atoms with Gasteiger partial charge in [0, 0.05) is 23.1 Å². The van der Waals surface area contributed by atoms with Crippen molar-refractivity contribution in [1.82, 2.24) is 4.90 Å². The van der Waals surface area contributed by atoms with Crippen LogP contribution in [0.4, 0.5) is 0 Å². The first-order valence-electron chi connectivity index (χ1n) is 5.50. The van der Waals surface area contributed by atoms with Gasteiger partial charge in [-0.1, -0.05) is 28.1 Å². The maximum Gasteiger partial charge on any atom is 0.0253 e. The van der Waals surface area contributed by atoms with Gasteiger partial charge in [-0.15, -0.1) is 0 Å². The summed E-state index contributed by atoms with van der Waals surface area (Å²) < 4.78 is 1.26. The number of nitrogens with zero attached hydrogens (tertiary/aromatic N) is 1. The average Bonchev–Trinajstić information content (AvgIpc) is 2.16. The van der Waals surface area contributed by atoms with Gasteiger partial charge in [0.1, 0.15) is 0 Å². The molecule has 0 bridgehead atoms. The first-order chi connectivity index (χ1) is 6.98. The molecule has 0 aromatic heterocycles. The van der Waals surface area contributed by atoms with E-state index in [9.17, 15) is 0 Å². The zero-order chi connectivity index (χ0) is 11.1. The predicted molar refractivity (Wildman–Crippen MR) is 68.0 cm³/mol. The van der Waals surface area contributed by atoms with Crippen molar-refractivity contribution in [2.45, 2.75) is 39.3 Å². The second-order valence-electron chi connectivity index (χ2n) is 5.22. The SMILES string of the molecule is CC(C)(C)N1CCc2cccc(Br)c2C1. The van der Waals surface area contributed by atoms with Gasteiger partial charge < -0.3 is 0 Å². The van der Waals surface area contributed by atoms with Crippen LogP contribution in [-0.2, 0) is 13.0 Å². The molecule has 0 radical (unpaired) electrons. The minimum Gasteiger partial charge on any atom is -0.294 e. The fourth-order valence-electron chi connectivity index (χ4n) is 2.11. The van der Waals surface area contributed by atoms with Gasteiger partial charge in [0.15, 0.2) is 0 Å². The Labute approximate surface area is 101 Å². The largest absolute Gasteiger partial charge is 0.294 e. The van der Waals surface area contributed by atoms with E-state index in [1.807, 2.05) is 0 Å². The van der Waals surface area contributed by atoms with Crippen LogP contribution in [0.5, 0.6) is 0 Å². The Morgan fingerprint density at radius 2 is 2.00 bits per heavy atom. The average molecular weight is 268 g/mol. The van der Waals surface area contributed by atoms with E-state index in [2.05, 4.69) is 59.8 Å². The Kier molecular flexibility index (Phi) is 2.91. The van der Waals surface area contributed by atoms with Crippen LogP contribution in [-0.4, -0.2) is 17.0 Å². The van der Waals surface area contributed by atoms with E-state index in [0.717, 1.165) is 6.54 Å². The van der Waals surface area contributed by atoms with Gasteiger partial charge in [0.05, 0.1) is 0 Å². The molecular weight excluding hydrogens is 250 g/mol. The second kappa shape index (κ2) is 3.91. The van der Waals surface area contributed by atoms with E-state index < -0.39 is 0 Å². The first-order valence-corrected chi connectivity index (χ1v) is 6.29. The molecule has 0 atom stereocenters. The topological polar surface area (TPSA) is 3.24 Å². The van der Waals surface area contributed by atoms with E-state index in [-0.39, 0.29) is 5.54 Å². The molecule has 0 saturated heterocycles. The number of benzene rings is 1. The van der Waals surface area contributed by atoms with Gasteiger partial charge in [-0.05, 0) is 44.4 Å². The molecule has 0 aliphatic carbocycles. The lowest BCUT2D eigenvalue weighted by Crippen LogP contribution is -2.44. The molecule has 0 unspecified atom stereocenters. The van der Waals surface area contributed by atoms with Crippen molar-refractivity contribution in [2.24, 2.45) is 0 Å². The summed E-state index contributed by atoms with van der Waals surface area (Å²) in [7, 11) is 0. The van der Waals surface area contributed by atoms with Crippen LogP contribution in [0.25, 0.3) is 0 Å². The van der Waals surface area contributed by atoms with Crippen LogP contribution in [0.1, 0.15) is 31.9 Å². The van der Waals surface area contributed by atoms with E-state index in [0.29, 0.717) is 0 Å². The molecule has 0 saturated carbocycles. The molecule has 0 fully saturated rings. The van der Waals surface area contributed by atoms with Crippen molar-refractivity contribution in [2.75, 3.05) is 6.54 Å². The Bertz CT molecular complexity index is 365. The fourth-order valence-corrected chi connectivity index (χ4v) is 2.65. The fraction of sp³-hybridized carbons (Fsp3) is 0.538. The predicted octanol–water partition coefficient (Wildman–Crippen LogP) is 3.61. The molecule has 0 spiro atoms. The van der Waals surface area contributed by atoms with Gasteiger partial charge in [-0.3, -0.25) is 4.90 Å². The van der Waals surface area contributed by atoms with Crippen molar-refractivity contribution < 1.29 is 0 Å². The number of hydrogen-bond acceptors (Lipinski definition) is 1. The molecule has 2 rings (SSSR count). The lowest BCUT2D eigenvalue weighted by molar-refractivity contribution is 0.120. The van der Waals surface area contributed by atoms with Crippen LogP contribution < -0.4 is 0 Å². The maximum absolute atomic E-state index is 3.65. The number of rotatable bonds is 0. The van der Waals surface area contributed by atoms with Crippen molar-refractivity contribution >= 4 is 15.9 Å². The summed E-state index contributed by atoms with van der Waals surface area (Å²) in [5.74, 6) is 0. The lowest BCUT2D eigenvalue weighted by atomic mass is 9.95. The molecular formula is C13H18BrN. The number of fused-ring (bicyclic) bond motifs is 1. The Morgan fingerprint density at radius 1 is 1.27 bits per heavy atom. The Hall–Kier alpha value is -0.340. The molecule has 2 heteroatoms. The van der Waals surface area contributed by atoms with Gasteiger partial charge in [-0.25, -0.2) is 0 Å². The third-order valence-corrected chi connectivity index (χ3v) is 3.91. The van der Waals surface area contributed by atoms with Crippen molar-refractivity contribution in [3.8, 4) is 0 Å². The minimum absolute atomic E-state index is 0.271. The summed E-state index contributed by atoms with van der Waals surface area (Å²) in [6.45, 7) is 9.10. The zero-order valence-corrected chi connectivity index (χ0v) is 11.3. The third-order valence-electron chi connectivity index (χ3n) is 3.16. The van der Waals surface area contributed by atoms with Gasteiger partial charge in [-0.2, -0.15) is 0 Å². The molecule has 15 heavy (non-hydrogen) atoms. The van der Waals surface area contributed by atoms with Crippen LogP contribution in [0.3, 0.4) is 0 Å². The van der Waals surface area contributed by atoms with E-state index in [1.54, 1.807) is 0 Å². The van der Waals surface area contributed by atoms with Crippen molar-refractivity contribution in [1.29, 1.82) is 0 Å². The monoisotopic (exact) mass is 267 g/mol. The van der Waals surface area contributed by atoms with Gasteiger partial charge >= 0.3 is 0 Å². The molecule has 1 heterocycles. The van der Waals surface area contributed by atoms with Crippen LogP contribution in [0.2, 0.25) is 0 Å². The van der Waals surface area contributed by atoms with Crippen molar-refractivity contribution in [3.05, 3.63) is 33.8 Å². The normalized spacial score (nSPS) is 17.6. The Balaban J connectivity index is 2.30. The summed E-state index contributed by atoms with van der Waals surface area (Å²) >= 11 is 3.65. The minimum atomic E-state index is 0.271. The zero-order valence-electron chi connectivity index (χ0n) is 9.68. The van der Waals surface area contributed by atoms with E-state index >= 15 is 0 Å². The lowest BCUT2D eigenvalue weighted by Gasteiger charge is -2.39. The molecule has 0 amide bonds. The highest BCUT2D eigenvalue weighted by Gasteiger charge is 2.26. The van der Waals surface area contributed by atoms with Crippen LogP contribution >= 0.6 is 15.9 Å². The molecule has 1 aliphatic heterocycles. The third kappa shape index (κ3) is 2.26. The van der Waals surface area contributed by atoms with Crippen molar-refractivity contribution in [3.63, 3.8) is 0 Å². The number of halogens is 1. The summed E-state index contributed by atoms with van der Waals surface area (Å²) in [6.07, 6.45) is 1.17. The Morgan fingerprint density at radius 3 is 2.67 bits per heavy atom. The smallest absolute Gasteiger partial charge is 0.0253 e. The quantitative estimate of drug-likeness (QED) is 0.694. The maximum atomic E-state index is 3.65. The van der Waals surface area contributed by atoms with Crippen LogP contribution in [0, 0.1) is 0 Å². The molecule has 82 valence electrons. The van der Waals surface area contributed by atoms with Gasteiger partial charge in [0.25, 0.3) is 0 Å². The molecule has 1 aromatic rings. The summed E-state index contributed by atoms with van der Waals surface area (Å²) in [6, 6.07) is 6.53. The summed E-state index contributed by atoms with van der Waals surface area (Å²) in [5, 5.41) is 0. The summed E-state index contributed by atoms with van der Waals surface area (Å²) in [4.78, 5) is 2.54. The second-order valence-corrected chi connectivity index (χ2v) is 6.07. The standard InChI is InChI=1S/C13H18BrN/c1-13(2,3)15-8-7-10-5-4-6-12(14)11(10)9-15/h4-6H,7-9H2,1-3H3. The highest BCUT2D eigenvalue weighted by atomic mass is 79.9. The van der Waals surface area contributed by atoms with E-state index in [4.69, 9.17) is 0 Å². The first kappa shape index (κ1) is 11.2. The van der Waals surface area contributed by atoms with Gasteiger partial charge in [0.2, 0.25) is 0 Å². The highest BCUT2D eigenvalue weighted by molar-refractivity contribution is 9.10.